The predicted molar refractivity (Wildman–Crippen MR) is 81.7 cm³/mol. The van der Waals surface area contributed by atoms with E-state index < -0.39 is 0 Å². The van der Waals surface area contributed by atoms with E-state index in [1.165, 1.54) is 5.56 Å². The van der Waals surface area contributed by atoms with Crippen molar-refractivity contribution in [2.24, 2.45) is 0 Å². The zero-order valence-electron chi connectivity index (χ0n) is 12.4. The summed E-state index contributed by atoms with van der Waals surface area (Å²) in [5.74, 6) is 0.127. The van der Waals surface area contributed by atoms with Gasteiger partial charge in [-0.2, -0.15) is 0 Å². The molecule has 4 heteroatoms. The molecule has 1 heterocycles. The van der Waals surface area contributed by atoms with E-state index in [2.05, 4.69) is 41.5 Å². The van der Waals surface area contributed by atoms with Gasteiger partial charge in [-0.25, -0.2) is 0 Å². The third kappa shape index (κ3) is 4.62. The Morgan fingerprint density at radius 1 is 1.35 bits per heavy atom. The first-order chi connectivity index (χ1) is 9.65. The lowest BCUT2D eigenvalue weighted by atomic mass is 10.1. The Kier molecular flexibility index (Phi) is 5.56. The molecule has 1 fully saturated rings. The highest BCUT2D eigenvalue weighted by molar-refractivity contribution is 5.78. The Balaban J connectivity index is 1.70. The first kappa shape index (κ1) is 15.0. The van der Waals surface area contributed by atoms with Gasteiger partial charge in [0, 0.05) is 31.7 Å². The maximum absolute atomic E-state index is 12.0. The fraction of sp³-hybridized carbons (Fsp3) is 0.562. The Morgan fingerprint density at radius 3 is 2.85 bits per heavy atom. The number of benzene rings is 1. The highest BCUT2D eigenvalue weighted by atomic mass is 16.2. The van der Waals surface area contributed by atoms with Crippen LogP contribution in [0.5, 0.6) is 0 Å². The van der Waals surface area contributed by atoms with Gasteiger partial charge in [0.15, 0.2) is 0 Å². The number of piperazine rings is 1. The second kappa shape index (κ2) is 7.41. The highest BCUT2D eigenvalue weighted by Gasteiger charge is 2.23. The molecule has 2 atom stereocenters. The van der Waals surface area contributed by atoms with E-state index >= 15 is 0 Å². The van der Waals surface area contributed by atoms with Crippen LogP contribution in [0.3, 0.4) is 0 Å². The summed E-state index contributed by atoms with van der Waals surface area (Å²) in [4.78, 5) is 14.2. The molecule has 20 heavy (non-hydrogen) atoms. The molecule has 1 aliphatic rings. The summed E-state index contributed by atoms with van der Waals surface area (Å²) in [6.07, 6.45) is 0.889. The van der Waals surface area contributed by atoms with Crippen molar-refractivity contribution in [2.75, 3.05) is 26.2 Å². The fourth-order valence-corrected chi connectivity index (χ4v) is 2.55. The van der Waals surface area contributed by atoms with Crippen molar-refractivity contribution in [2.45, 2.75) is 32.4 Å². The van der Waals surface area contributed by atoms with Crippen LogP contribution in [-0.4, -0.2) is 49.1 Å². The van der Waals surface area contributed by atoms with E-state index in [1.54, 1.807) is 0 Å². The SMILES string of the molecule is CC1CN(CC(=O)NCCc2ccccc2)C(C)CN1. The molecule has 0 bridgehead atoms. The number of nitrogens with zero attached hydrogens (tertiary/aromatic N) is 1. The summed E-state index contributed by atoms with van der Waals surface area (Å²) in [6.45, 7) is 7.43. The molecule has 1 amide bonds. The number of rotatable bonds is 5. The molecular formula is C16H25N3O. The van der Waals surface area contributed by atoms with Crippen molar-refractivity contribution in [1.82, 2.24) is 15.5 Å². The second-order valence-corrected chi connectivity index (χ2v) is 5.67. The molecule has 110 valence electrons. The van der Waals surface area contributed by atoms with Gasteiger partial charge in [0.05, 0.1) is 6.54 Å². The summed E-state index contributed by atoms with van der Waals surface area (Å²) < 4.78 is 0. The zero-order chi connectivity index (χ0) is 14.4. The van der Waals surface area contributed by atoms with Gasteiger partial charge in [-0.1, -0.05) is 30.3 Å². The Hall–Kier alpha value is -1.39. The van der Waals surface area contributed by atoms with Crippen LogP contribution in [0.25, 0.3) is 0 Å². The molecule has 4 nitrogen and oxygen atoms in total. The monoisotopic (exact) mass is 275 g/mol. The minimum Gasteiger partial charge on any atom is -0.355 e. The van der Waals surface area contributed by atoms with Gasteiger partial charge in [-0.05, 0) is 25.8 Å². The largest absolute Gasteiger partial charge is 0.355 e. The standard InChI is InChI=1S/C16H25N3O/c1-13-11-19(14(2)10-18-13)12-16(20)17-9-8-15-6-4-3-5-7-15/h3-7,13-14,18H,8-12H2,1-2H3,(H,17,20). The number of carbonyl (C=O) groups excluding carboxylic acids is 1. The second-order valence-electron chi connectivity index (χ2n) is 5.67. The van der Waals surface area contributed by atoms with Crippen LogP contribution in [0, 0.1) is 0 Å². The highest BCUT2D eigenvalue weighted by Crippen LogP contribution is 2.05. The van der Waals surface area contributed by atoms with Gasteiger partial charge < -0.3 is 10.6 Å². The molecule has 1 saturated heterocycles. The van der Waals surface area contributed by atoms with E-state index in [1.807, 2.05) is 18.2 Å². The van der Waals surface area contributed by atoms with Crippen LogP contribution < -0.4 is 10.6 Å². The minimum atomic E-state index is 0.127. The Labute approximate surface area is 121 Å². The average Bonchev–Trinajstić information content (AvgIpc) is 2.44. The number of hydrogen-bond donors (Lipinski definition) is 2. The van der Waals surface area contributed by atoms with E-state index in [0.29, 0.717) is 25.2 Å². The van der Waals surface area contributed by atoms with Crippen molar-refractivity contribution in [3.8, 4) is 0 Å². The molecule has 2 N–H and O–H groups in total. The summed E-state index contributed by atoms with van der Waals surface area (Å²) in [6, 6.07) is 11.1. The quantitative estimate of drug-likeness (QED) is 0.843. The Bertz CT molecular complexity index is 421. The summed E-state index contributed by atoms with van der Waals surface area (Å²) in [5.41, 5.74) is 1.26. The van der Waals surface area contributed by atoms with Gasteiger partial charge >= 0.3 is 0 Å². The molecular weight excluding hydrogens is 250 g/mol. The lowest BCUT2D eigenvalue weighted by Crippen LogP contribution is -2.56. The van der Waals surface area contributed by atoms with Crippen LogP contribution in [0.15, 0.2) is 30.3 Å². The average molecular weight is 275 g/mol. The molecule has 1 aromatic carbocycles. The van der Waals surface area contributed by atoms with Gasteiger partial charge in [-0.15, -0.1) is 0 Å². The normalized spacial score (nSPS) is 23.5. The lowest BCUT2D eigenvalue weighted by molar-refractivity contribution is -0.123. The zero-order valence-corrected chi connectivity index (χ0v) is 12.4. The molecule has 0 aromatic heterocycles. The van der Waals surface area contributed by atoms with Gasteiger partial charge in [0.1, 0.15) is 0 Å². The third-order valence-electron chi connectivity index (χ3n) is 3.82. The molecule has 0 aliphatic carbocycles. The third-order valence-corrected chi connectivity index (χ3v) is 3.82. The topological polar surface area (TPSA) is 44.4 Å². The first-order valence-electron chi connectivity index (χ1n) is 7.43. The van der Waals surface area contributed by atoms with Crippen molar-refractivity contribution in [3.63, 3.8) is 0 Å². The molecule has 0 saturated carbocycles. The summed E-state index contributed by atoms with van der Waals surface area (Å²) in [5, 5.41) is 6.44. The van der Waals surface area contributed by atoms with Gasteiger partial charge in [-0.3, -0.25) is 9.69 Å². The van der Waals surface area contributed by atoms with E-state index in [4.69, 9.17) is 0 Å². The van der Waals surface area contributed by atoms with E-state index in [-0.39, 0.29) is 5.91 Å². The van der Waals surface area contributed by atoms with Crippen LogP contribution in [0.2, 0.25) is 0 Å². The van der Waals surface area contributed by atoms with Crippen LogP contribution in [0.1, 0.15) is 19.4 Å². The molecule has 1 aromatic rings. The fourth-order valence-electron chi connectivity index (χ4n) is 2.55. The predicted octanol–water partition coefficient (Wildman–Crippen LogP) is 1.03. The van der Waals surface area contributed by atoms with Gasteiger partial charge in [0.2, 0.25) is 5.91 Å². The van der Waals surface area contributed by atoms with Crippen LogP contribution >= 0.6 is 0 Å². The molecule has 2 unspecified atom stereocenters. The van der Waals surface area contributed by atoms with Crippen molar-refractivity contribution in [1.29, 1.82) is 0 Å². The maximum atomic E-state index is 12.0. The maximum Gasteiger partial charge on any atom is 0.234 e. The van der Waals surface area contributed by atoms with Crippen molar-refractivity contribution >= 4 is 5.91 Å². The first-order valence-corrected chi connectivity index (χ1v) is 7.43. The minimum absolute atomic E-state index is 0.127. The molecule has 1 aliphatic heterocycles. The number of amides is 1. The molecule has 0 radical (unpaired) electrons. The van der Waals surface area contributed by atoms with Crippen LogP contribution in [0.4, 0.5) is 0 Å². The Morgan fingerprint density at radius 2 is 2.10 bits per heavy atom. The molecule has 0 spiro atoms. The number of hydrogen-bond acceptors (Lipinski definition) is 3. The molecule has 2 rings (SSSR count). The number of carbonyl (C=O) groups is 1. The lowest BCUT2D eigenvalue weighted by Gasteiger charge is -2.36. The number of nitrogens with one attached hydrogen (secondary N) is 2. The van der Waals surface area contributed by atoms with Gasteiger partial charge in [0.25, 0.3) is 0 Å². The van der Waals surface area contributed by atoms with E-state index in [0.717, 1.165) is 19.5 Å². The van der Waals surface area contributed by atoms with Crippen molar-refractivity contribution in [3.05, 3.63) is 35.9 Å². The van der Waals surface area contributed by atoms with Crippen molar-refractivity contribution < 1.29 is 4.79 Å². The van der Waals surface area contributed by atoms with E-state index in [9.17, 15) is 4.79 Å². The smallest absolute Gasteiger partial charge is 0.234 e. The van der Waals surface area contributed by atoms with Crippen LogP contribution in [-0.2, 0) is 11.2 Å². The summed E-state index contributed by atoms with van der Waals surface area (Å²) >= 11 is 0. The summed E-state index contributed by atoms with van der Waals surface area (Å²) in [7, 11) is 0.